The summed E-state index contributed by atoms with van der Waals surface area (Å²) in [5, 5.41) is 19.9. The average molecular weight is 404 g/mol. The van der Waals surface area contributed by atoms with Crippen LogP contribution in [0.1, 0.15) is 40.2 Å². The Kier molecular flexibility index (Phi) is 5.99. The fourth-order valence-corrected chi connectivity index (χ4v) is 3.52. The first-order valence-electron chi connectivity index (χ1n) is 8.84. The molecule has 0 atom stereocenters. The lowest BCUT2D eigenvalue weighted by molar-refractivity contribution is 0.104. The molecule has 0 aliphatic carbocycles. The molecule has 2 aromatic rings. The minimum absolute atomic E-state index is 0.0268. The van der Waals surface area contributed by atoms with Gasteiger partial charge in [-0.05, 0) is 54.7 Å². The van der Waals surface area contributed by atoms with Crippen molar-refractivity contribution in [2.45, 2.75) is 18.8 Å². The van der Waals surface area contributed by atoms with Crippen molar-refractivity contribution < 1.29 is 24.2 Å². The molecule has 0 spiro atoms. The number of phenolic OH excluding ortho intramolecular Hbond substituents is 1. The molecule has 1 amide bonds. The minimum atomic E-state index is -0.953. The van der Waals surface area contributed by atoms with Gasteiger partial charge >= 0.3 is 6.09 Å². The number of hydrogen-bond acceptors (Lipinski definition) is 3. The van der Waals surface area contributed by atoms with Gasteiger partial charge in [-0.25, -0.2) is 9.18 Å². The number of carbonyl (C=O) groups excluding carboxylic acids is 1. The highest BCUT2D eigenvalue weighted by atomic mass is 35.5. The molecule has 1 heterocycles. The molecule has 0 bridgehead atoms. The lowest BCUT2D eigenvalue weighted by Gasteiger charge is -2.30. The Balaban J connectivity index is 1.78. The summed E-state index contributed by atoms with van der Waals surface area (Å²) < 4.78 is 13.8. The van der Waals surface area contributed by atoms with E-state index in [0.29, 0.717) is 31.5 Å². The highest BCUT2D eigenvalue weighted by Gasteiger charge is 2.26. The Hall–Kier alpha value is -2.86. The molecular formula is C21H19ClFNO4. The number of piperidine rings is 1. The summed E-state index contributed by atoms with van der Waals surface area (Å²) in [5.41, 5.74) is 0.972. The summed E-state index contributed by atoms with van der Waals surface area (Å²) in [6, 6.07) is 9.09. The summed E-state index contributed by atoms with van der Waals surface area (Å²) >= 11 is 5.71. The van der Waals surface area contributed by atoms with Crippen LogP contribution < -0.4 is 0 Å². The first kappa shape index (κ1) is 19.9. The van der Waals surface area contributed by atoms with Crippen molar-refractivity contribution in [2.24, 2.45) is 0 Å². The number of hydrogen-bond donors (Lipinski definition) is 2. The monoisotopic (exact) mass is 403 g/mol. The molecule has 2 aromatic carbocycles. The van der Waals surface area contributed by atoms with Crippen molar-refractivity contribution in [3.63, 3.8) is 0 Å². The number of nitrogens with zero attached hydrogens (tertiary/aromatic N) is 1. The number of amides is 1. The van der Waals surface area contributed by atoms with Gasteiger partial charge in [0.25, 0.3) is 0 Å². The molecule has 3 rings (SSSR count). The van der Waals surface area contributed by atoms with Crippen molar-refractivity contribution in [1.29, 1.82) is 0 Å². The van der Waals surface area contributed by atoms with Gasteiger partial charge in [-0.2, -0.15) is 0 Å². The van der Waals surface area contributed by atoms with Gasteiger partial charge in [0.15, 0.2) is 5.78 Å². The van der Waals surface area contributed by atoms with E-state index in [1.165, 1.54) is 35.3 Å². The maximum absolute atomic E-state index is 13.8. The number of aromatic hydroxyl groups is 1. The van der Waals surface area contributed by atoms with E-state index in [0.717, 1.165) is 6.07 Å². The van der Waals surface area contributed by atoms with Crippen LogP contribution >= 0.6 is 11.6 Å². The van der Waals surface area contributed by atoms with Crippen molar-refractivity contribution in [3.05, 3.63) is 70.0 Å². The zero-order valence-electron chi connectivity index (χ0n) is 14.9. The number of benzene rings is 2. The van der Waals surface area contributed by atoms with Crippen LogP contribution in [-0.4, -0.2) is 40.1 Å². The fourth-order valence-electron chi connectivity index (χ4n) is 3.36. The third kappa shape index (κ3) is 4.34. The second-order valence-corrected chi connectivity index (χ2v) is 7.09. The first-order chi connectivity index (χ1) is 13.4. The van der Waals surface area contributed by atoms with E-state index in [2.05, 4.69) is 0 Å². The van der Waals surface area contributed by atoms with Crippen LogP contribution in [0.3, 0.4) is 0 Å². The van der Waals surface area contributed by atoms with E-state index in [-0.39, 0.29) is 27.8 Å². The van der Waals surface area contributed by atoms with Gasteiger partial charge < -0.3 is 15.1 Å². The Bertz CT molecular complexity index is 936. The number of rotatable bonds is 4. The molecule has 5 nitrogen and oxygen atoms in total. The number of carbonyl (C=O) groups is 2. The number of halogens is 2. The largest absolute Gasteiger partial charge is 0.507 e. The van der Waals surface area contributed by atoms with E-state index < -0.39 is 17.7 Å². The predicted molar refractivity (Wildman–Crippen MR) is 104 cm³/mol. The molecule has 28 heavy (non-hydrogen) atoms. The molecule has 0 saturated carbocycles. The van der Waals surface area contributed by atoms with E-state index in [4.69, 9.17) is 16.7 Å². The highest BCUT2D eigenvalue weighted by Crippen LogP contribution is 2.36. The number of likely N-dealkylation sites (tertiary alicyclic amines) is 1. The van der Waals surface area contributed by atoms with Gasteiger partial charge in [0.2, 0.25) is 0 Å². The zero-order valence-corrected chi connectivity index (χ0v) is 15.7. The lowest BCUT2D eigenvalue weighted by atomic mass is 9.87. The molecular weight excluding hydrogens is 385 g/mol. The predicted octanol–water partition coefficient (Wildman–Crippen LogP) is 4.94. The van der Waals surface area contributed by atoms with Gasteiger partial charge in [-0.1, -0.05) is 29.8 Å². The maximum atomic E-state index is 13.8. The molecule has 0 radical (unpaired) electrons. The summed E-state index contributed by atoms with van der Waals surface area (Å²) in [4.78, 5) is 24.9. The summed E-state index contributed by atoms with van der Waals surface area (Å²) in [5.74, 6) is -1.13. The van der Waals surface area contributed by atoms with Crippen molar-refractivity contribution >= 4 is 29.6 Å². The van der Waals surface area contributed by atoms with Crippen molar-refractivity contribution in [2.75, 3.05) is 13.1 Å². The third-order valence-corrected chi connectivity index (χ3v) is 5.15. The molecule has 2 N–H and O–H groups in total. The molecule has 0 aromatic heterocycles. The van der Waals surface area contributed by atoms with E-state index in [1.54, 1.807) is 12.1 Å². The number of carboxylic acid groups (broad SMARTS) is 1. The van der Waals surface area contributed by atoms with Crippen molar-refractivity contribution in [3.8, 4) is 5.75 Å². The van der Waals surface area contributed by atoms with E-state index >= 15 is 0 Å². The van der Waals surface area contributed by atoms with Gasteiger partial charge in [0, 0.05) is 23.7 Å². The Morgan fingerprint density at radius 2 is 1.89 bits per heavy atom. The van der Waals surface area contributed by atoms with Crippen LogP contribution in [-0.2, 0) is 0 Å². The second kappa shape index (κ2) is 8.44. The van der Waals surface area contributed by atoms with Gasteiger partial charge in [0.05, 0.1) is 5.56 Å². The average Bonchev–Trinajstić information content (AvgIpc) is 2.67. The van der Waals surface area contributed by atoms with Crippen LogP contribution in [0.5, 0.6) is 5.75 Å². The number of ketones is 1. The number of phenols is 1. The highest BCUT2D eigenvalue weighted by molar-refractivity contribution is 6.30. The van der Waals surface area contributed by atoms with Crippen LogP contribution in [0, 0.1) is 5.82 Å². The quantitative estimate of drug-likeness (QED) is 0.560. The van der Waals surface area contributed by atoms with Gasteiger partial charge in [0.1, 0.15) is 11.6 Å². The van der Waals surface area contributed by atoms with E-state index in [9.17, 15) is 19.1 Å². The summed E-state index contributed by atoms with van der Waals surface area (Å²) in [6.45, 7) is 0.765. The van der Waals surface area contributed by atoms with Crippen LogP contribution in [0.15, 0.2) is 42.5 Å². The molecule has 1 fully saturated rings. The molecule has 0 unspecified atom stereocenters. The second-order valence-electron chi connectivity index (χ2n) is 6.65. The molecule has 7 heteroatoms. The Morgan fingerprint density at radius 3 is 2.54 bits per heavy atom. The fraction of sp³-hybridized carbons (Fsp3) is 0.238. The first-order valence-corrected chi connectivity index (χ1v) is 9.22. The zero-order chi connectivity index (χ0) is 20.3. The Labute approximate surface area is 166 Å². The van der Waals surface area contributed by atoms with Crippen LogP contribution in [0.4, 0.5) is 9.18 Å². The normalized spacial score (nSPS) is 15.1. The summed E-state index contributed by atoms with van der Waals surface area (Å²) in [7, 11) is 0. The van der Waals surface area contributed by atoms with E-state index in [1.807, 2.05) is 0 Å². The minimum Gasteiger partial charge on any atom is -0.507 e. The molecule has 1 aliphatic rings. The lowest BCUT2D eigenvalue weighted by Crippen LogP contribution is -2.36. The van der Waals surface area contributed by atoms with Crippen LogP contribution in [0.25, 0.3) is 6.08 Å². The smallest absolute Gasteiger partial charge is 0.407 e. The Morgan fingerprint density at radius 1 is 1.18 bits per heavy atom. The molecule has 1 saturated heterocycles. The summed E-state index contributed by atoms with van der Waals surface area (Å²) in [6.07, 6.45) is 2.74. The number of allylic oxidation sites excluding steroid dienone is 1. The SMILES string of the molecule is O=C(C=Cc1ccc(Cl)cc1F)c1cccc(C2CCN(C(=O)O)CC2)c1O. The molecule has 146 valence electrons. The van der Waals surface area contributed by atoms with Crippen molar-refractivity contribution in [1.82, 2.24) is 4.90 Å². The van der Waals surface area contributed by atoms with Gasteiger partial charge in [-0.3, -0.25) is 4.79 Å². The standard InChI is InChI=1S/C21H19ClFNO4/c22-15-6-4-14(18(23)12-15)5-7-19(25)17-3-1-2-16(20(17)26)13-8-10-24(11-9-13)21(27)28/h1-7,12-13,26H,8-11H2,(H,27,28). The number of para-hydroxylation sites is 1. The maximum Gasteiger partial charge on any atom is 0.407 e. The van der Waals surface area contributed by atoms with Crippen LogP contribution in [0.2, 0.25) is 5.02 Å². The topological polar surface area (TPSA) is 77.8 Å². The van der Waals surface area contributed by atoms with Gasteiger partial charge in [-0.15, -0.1) is 0 Å². The molecule has 1 aliphatic heterocycles. The third-order valence-electron chi connectivity index (χ3n) is 4.91.